The molecule has 1 aromatic carbocycles. The summed E-state index contributed by atoms with van der Waals surface area (Å²) in [5.41, 5.74) is 3.61. The Balaban J connectivity index is 1.88. The van der Waals surface area contributed by atoms with E-state index in [1.54, 1.807) is 13.1 Å². The van der Waals surface area contributed by atoms with E-state index in [0.29, 0.717) is 22.5 Å². The lowest BCUT2D eigenvalue weighted by Gasteiger charge is -2.15. The van der Waals surface area contributed by atoms with Crippen LogP contribution in [0.2, 0.25) is 0 Å². The number of nitrogens with zero attached hydrogens (tertiary/aromatic N) is 1. The zero-order chi connectivity index (χ0) is 16.0. The molecule has 0 amide bonds. The van der Waals surface area contributed by atoms with Gasteiger partial charge in [0.1, 0.15) is 0 Å². The van der Waals surface area contributed by atoms with Crippen molar-refractivity contribution < 1.29 is 9.59 Å². The number of allylic oxidation sites excluding steroid dienone is 2. The summed E-state index contributed by atoms with van der Waals surface area (Å²) in [6, 6.07) is 9.57. The third kappa shape index (κ3) is 1.97. The summed E-state index contributed by atoms with van der Waals surface area (Å²) in [6.45, 7) is 0. The van der Waals surface area contributed by atoms with Gasteiger partial charge in [0.15, 0.2) is 5.78 Å². The normalized spacial score (nSPS) is 13.9. The Morgan fingerprint density at radius 1 is 1.09 bits per heavy atom. The molecule has 1 aliphatic rings. The Hall–Kier alpha value is -3.21. The average molecular weight is 303 g/mol. The molecule has 23 heavy (non-hydrogen) atoms. The number of rotatable bonds is 2. The molecule has 0 spiro atoms. The summed E-state index contributed by atoms with van der Waals surface area (Å²) in [5.74, 6) is -0.396. The van der Waals surface area contributed by atoms with Crippen LogP contribution in [0.1, 0.15) is 20.7 Å². The van der Waals surface area contributed by atoms with Crippen LogP contribution in [0, 0.1) is 0 Å². The Morgan fingerprint density at radius 2 is 1.91 bits per heavy atom. The first-order valence-corrected chi connectivity index (χ1v) is 7.24. The molecular weight excluding hydrogens is 290 g/mol. The number of hydrogen-bond acceptors (Lipinski definition) is 4. The monoisotopic (exact) mass is 303 g/mol. The maximum absolute atomic E-state index is 12.3. The lowest BCUT2D eigenvalue weighted by atomic mass is 9.93. The number of Topliss-reactive ketones (excluding diaryl/α,β-unsaturated/α-hetero) is 1. The smallest absolute Gasteiger partial charge is 0.211 e. The number of pyridine rings is 1. The quantitative estimate of drug-likeness (QED) is 0.763. The van der Waals surface area contributed by atoms with Crippen LogP contribution in [-0.2, 0) is 0 Å². The van der Waals surface area contributed by atoms with Crippen molar-refractivity contribution in [3.8, 4) is 11.3 Å². The van der Waals surface area contributed by atoms with Crippen LogP contribution < -0.4 is 5.32 Å². The van der Waals surface area contributed by atoms with Crippen LogP contribution in [0.15, 0.2) is 54.5 Å². The van der Waals surface area contributed by atoms with Crippen molar-refractivity contribution in [1.29, 1.82) is 0 Å². The third-order valence-electron chi connectivity index (χ3n) is 4.07. The molecule has 5 heteroatoms. The molecule has 2 heterocycles. The number of ketones is 2. The van der Waals surface area contributed by atoms with Gasteiger partial charge in [0.2, 0.25) is 5.78 Å². The van der Waals surface area contributed by atoms with Crippen molar-refractivity contribution in [3.63, 3.8) is 0 Å². The summed E-state index contributed by atoms with van der Waals surface area (Å²) in [5, 5.41) is 3.78. The van der Waals surface area contributed by atoms with E-state index in [4.69, 9.17) is 0 Å². The molecule has 112 valence electrons. The summed E-state index contributed by atoms with van der Waals surface area (Å²) in [4.78, 5) is 32.1. The number of nitrogens with one attached hydrogen (secondary N) is 2. The molecule has 0 saturated carbocycles. The number of fused-ring (bicyclic) bond motifs is 2. The lowest BCUT2D eigenvalue weighted by Crippen LogP contribution is -2.24. The Morgan fingerprint density at radius 3 is 2.74 bits per heavy atom. The van der Waals surface area contributed by atoms with Gasteiger partial charge in [-0.05, 0) is 12.1 Å². The molecule has 2 N–H and O–H groups in total. The number of likely N-dealkylation sites (N-methyl/N-ethyl adjacent to an activating group) is 1. The van der Waals surface area contributed by atoms with E-state index in [-0.39, 0.29) is 11.6 Å². The maximum Gasteiger partial charge on any atom is 0.211 e. The van der Waals surface area contributed by atoms with Gasteiger partial charge in [-0.25, -0.2) is 0 Å². The molecule has 0 bridgehead atoms. The number of H-pyrrole nitrogens is 1. The maximum atomic E-state index is 12.3. The van der Waals surface area contributed by atoms with Gasteiger partial charge in [-0.15, -0.1) is 0 Å². The molecule has 3 aromatic rings. The predicted octanol–water partition coefficient (Wildman–Crippen LogP) is 2.71. The third-order valence-corrected chi connectivity index (χ3v) is 4.07. The number of carbonyl (C=O) groups is 2. The molecule has 0 saturated heterocycles. The van der Waals surface area contributed by atoms with Crippen LogP contribution in [0.5, 0.6) is 0 Å². The van der Waals surface area contributed by atoms with Gasteiger partial charge in [-0.3, -0.25) is 14.6 Å². The fraction of sp³-hybridized carbons (Fsp3) is 0.0556. The number of hydrogen-bond donors (Lipinski definition) is 2. The molecule has 0 atom stereocenters. The van der Waals surface area contributed by atoms with Crippen molar-refractivity contribution in [2.75, 3.05) is 7.05 Å². The minimum absolute atomic E-state index is 0.188. The Labute approximate surface area is 132 Å². The molecule has 4 rings (SSSR count). The second kappa shape index (κ2) is 4.91. The highest BCUT2D eigenvalue weighted by molar-refractivity contribution is 6.24. The molecule has 0 aliphatic heterocycles. The van der Waals surface area contributed by atoms with Crippen LogP contribution in [0.4, 0.5) is 0 Å². The standard InChI is InChI=1S/C18H13N3O2/c1-19-16-7-17(22)11-6-15(21-9-13(11)18(16)23)12-8-20-14-5-3-2-4-10(12)14/h2-9,19-20H,1H3. The highest BCUT2D eigenvalue weighted by Crippen LogP contribution is 2.29. The predicted molar refractivity (Wildman–Crippen MR) is 87.3 cm³/mol. The van der Waals surface area contributed by atoms with Crippen molar-refractivity contribution >= 4 is 22.5 Å². The highest BCUT2D eigenvalue weighted by atomic mass is 16.1. The van der Waals surface area contributed by atoms with E-state index in [0.717, 1.165) is 16.5 Å². The molecular formula is C18H13N3O2. The van der Waals surface area contributed by atoms with Gasteiger partial charge >= 0.3 is 0 Å². The molecule has 1 aliphatic carbocycles. The number of aromatic amines is 1. The SMILES string of the molecule is CNC1=CC(=O)c2cc(-c3c[nH]c4ccccc34)ncc2C1=O. The Kier molecular flexibility index (Phi) is 2.87. The van der Waals surface area contributed by atoms with Gasteiger partial charge in [-0.2, -0.15) is 0 Å². The summed E-state index contributed by atoms with van der Waals surface area (Å²) in [6.07, 6.45) is 4.68. The van der Waals surface area contributed by atoms with Gasteiger partial charge in [0.25, 0.3) is 0 Å². The van der Waals surface area contributed by atoms with Gasteiger partial charge < -0.3 is 10.3 Å². The van der Waals surface area contributed by atoms with Crippen molar-refractivity contribution in [1.82, 2.24) is 15.3 Å². The highest BCUT2D eigenvalue weighted by Gasteiger charge is 2.26. The average Bonchev–Trinajstić information content (AvgIpc) is 3.01. The topological polar surface area (TPSA) is 74.8 Å². The summed E-state index contributed by atoms with van der Waals surface area (Å²) >= 11 is 0. The second-order valence-electron chi connectivity index (χ2n) is 5.36. The van der Waals surface area contributed by atoms with Crippen LogP contribution in [0.3, 0.4) is 0 Å². The first kappa shape index (κ1) is 13.5. The van der Waals surface area contributed by atoms with Crippen LogP contribution in [-0.4, -0.2) is 28.6 Å². The van der Waals surface area contributed by atoms with Gasteiger partial charge in [-0.1, -0.05) is 18.2 Å². The number of para-hydroxylation sites is 1. The minimum atomic E-state index is -0.208. The fourth-order valence-electron chi connectivity index (χ4n) is 2.88. The molecule has 2 aromatic heterocycles. The van der Waals surface area contributed by atoms with Gasteiger partial charge in [0, 0.05) is 47.5 Å². The van der Waals surface area contributed by atoms with E-state index in [2.05, 4.69) is 15.3 Å². The van der Waals surface area contributed by atoms with E-state index >= 15 is 0 Å². The first-order chi connectivity index (χ1) is 11.2. The van der Waals surface area contributed by atoms with Crippen LogP contribution in [0.25, 0.3) is 22.2 Å². The first-order valence-electron chi connectivity index (χ1n) is 7.24. The van der Waals surface area contributed by atoms with Gasteiger partial charge in [0.05, 0.1) is 17.0 Å². The number of carbonyl (C=O) groups excluding carboxylic acids is 2. The van der Waals surface area contributed by atoms with E-state index in [9.17, 15) is 9.59 Å². The van der Waals surface area contributed by atoms with Crippen molar-refractivity contribution in [3.05, 3.63) is 65.6 Å². The van der Waals surface area contributed by atoms with E-state index in [1.165, 1.54) is 12.3 Å². The fourth-order valence-corrected chi connectivity index (χ4v) is 2.88. The summed E-state index contributed by atoms with van der Waals surface area (Å²) in [7, 11) is 1.62. The van der Waals surface area contributed by atoms with Crippen LogP contribution >= 0.6 is 0 Å². The molecule has 0 unspecified atom stereocenters. The lowest BCUT2D eigenvalue weighted by molar-refractivity contribution is 0.0979. The second-order valence-corrected chi connectivity index (χ2v) is 5.36. The van der Waals surface area contributed by atoms with Crippen molar-refractivity contribution in [2.45, 2.75) is 0 Å². The largest absolute Gasteiger partial charge is 0.385 e. The summed E-state index contributed by atoms with van der Waals surface area (Å²) < 4.78 is 0. The minimum Gasteiger partial charge on any atom is -0.385 e. The van der Waals surface area contributed by atoms with Crippen molar-refractivity contribution in [2.24, 2.45) is 0 Å². The zero-order valence-electron chi connectivity index (χ0n) is 12.4. The molecule has 0 radical (unpaired) electrons. The number of benzene rings is 1. The molecule has 5 nitrogen and oxygen atoms in total. The zero-order valence-corrected chi connectivity index (χ0v) is 12.4. The van der Waals surface area contributed by atoms with E-state index < -0.39 is 0 Å². The Bertz CT molecular complexity index is 998. The molecule has 0 fully saturated rings. The number of aromatic nitrogens is 2. The van der Waals surface area contributed by atoms with E-state index in [1.807, 2.05) is 30.5 Å².